The number of nitrogens with zero attached hydrogens (tertiary/aromatic N) is 4. The molecule has 2 N–H and O–H groups in total. The fraction of sp³-hybridized carbons (Fsp3) is 0.133. The number of likely N-dealkylation sites (N-methyl/N-ethyl adjacent to an activating group) is 1. The molecule has 9 heteroatoms. The van der Waals surface area contributed by atoms with E-state index in [1.165, 1.54) is 12.1 Å². The van der Waals surface area contributed by atoms with Crippen LogP contribution in [0.4, 0.5) is 10.1 Å². The van der Waals surface area contributed by atoms with Crippen LogP contribution in [0.1, 0.15) is 18.1 Å². The number of rotatable bonds is 7. The lowest BCUT2D eigenvalue weighted by Crippen LogP contribution is -2.37. The topological polar surface area (TPSA) is 105 Å². The first-order chi connectivity index (χ1) is 18.9. The first kappa shape index (κ1) is 25.6. The van der Waals surface area contributed by atoms with E-state index in [2.05, 4.69) is 21.7 Å². The highest BCUT2D eigenvalue weighted by molar-refractivity contribution is 5.94. The highest BCUT2D eigenvalue weighted by atomic mass is 19.1. The van der Waals surface area contributed by atoms with Crippen molar-refractivity contribution in [2.45, 2.75) is 19.5 Å². The molecule has 5 aromatic rings. The Hall–Kier alpha value is -5.07. The van der Waals surface area contributed by atoms with Crippen molar-refractivity contribution in [3.8, 4) is 23.0 Å². The summed E-state index contributed by atoms with van der Waals surface area (Å²) in [5.74, 6) is -0.643. The van der Waals surface area contributed by atoms with Crippen molar-refractivity contribution in [3.05, 3.63) is 113 Å². The summed E-state index contributed by atoms with van der Waals surface area (Å²) in [6, 6.07) is 20.3. The first-order valence-corrected chi connectivity index (χ1v) is 12.3. The minimum absolute atomic E-state index is 0.143. The van der Waals surface area contributed by atoms with Gasteiger partial charge in [-0.3, -0.25) is 14.6 Å². The third kappa shape index (κ3) is 5.19. The van der Waals surface area contributed by atoms with Gasteiger partial charge in [0, 0.05) is 17.8 Å². The van der Waals surface area contributed by atoms with Crippen molar-refractivity contribution in [1.82, 2.24) is 19.4 Å². The molecule has 0 aliphatic heterocycles. The van der Waals surface area contributed by atoms with Crippen LogP contribution in [-0.2, 0) is 11.3 Å². The van der Waals surface area contributed by atoms with E-state index in [1.807, 2.05) is 29.0 Å². The van der Waals surface area contributed by atoms with Crippen molar-refractivity contribution >= 4 is 22.5 Å². The summed E-state index contributed by atoms with van der Waals surface area (Å²) in [5.41, 5.74) is 3.81. The summed E-state index contributed by atoms with van der Waals surface area (Å²) >= 11 is 0. The summed E-state index contributed by atoms with van der Waals surface area (Å²) in [7, 11) is 1.66. The van der Waals surface area contributed by atoms with Gasteiger partial charge in [-0.2, -0.15) is 5.26 Å². The van der Waals surface area contributed by atoms with Crippen LogP contribution in [0, 0.1) is 17.1 Å². The highest BCUT2D eigenvalue weighted by Crippen LogP contribution is 2.24. The van der Waals surface area contributed by atoms with E-state index in [4.69, 9.17) is 0 Å². The third-order valence-corrected chi connectivity index (χ3v) is 6.60. The lowest BCUT2D eigenvalue weighted by molar-refractivity contribution is -0.117. The Balaban J connectivity index is 1.59. The molecule has 5 rings (SSSR count). The maximum absolute atomic E-state index is 13.7. The molecule has 1 unspecified atom stereocenters. The van der Waals surface area contributed by atoms with E-state index in [9.17, 15) is 19.2 Å². The van der Waals surface area contributed by atoms with Gasteiger partial charge in [-0.05, 0) is 79.7 Å². The fourth-order valence-corrected chi connectivity index (χ4v) is 4.42. The highest BCUT2D eigenvalue weighted by Gasteiger charge is 2.17. The molecule has 1 amide bonds. The van der Waals surface area contributed by atoms with Crippen LogP contribution in [0.25, 0.3) is 27.8 Å². The van der Waals surface area contributed by atoms with E-state index in [1.54, 1.807) is 67.3 Å². The summed E-state index contributed by atoms with van der Waals surface area (Å²) in [5, 5.41) is 15.7. The van der Waals surface area contributed by atoms with Gasteiger partial charge in [0.2, 0.25) is 5.91 Å². The van der Waals surface area contributed by atoms with Crippen LogP contribution in [0.15, 0.2) is 90.1 Å². The average Bonchev–Trinajstić information content (AvgIpc) is 3.38. The Morgan fingerprint density at radius 1 is 1.10 bits per heavy atom. The van der Waals surface area contributed by atoms with Crippen molar-refractivity contribution in [1.29, 1.82) is 5.26 Å². The molecule has 0 aliphatic rings. The second kappa shape index (κ2) is 10.7. The molecule has 194 valence electrons. The van der Waals surface area contributed by atoms with Crippen LogP contribution in [0.2, 0.25) is 0 Å². The van der Waals surface area contributed by atoms with Crippen LogP contribution in [-0.4, -0.2) is 33.1 Å². The zero-order valence-electron chi connectivity index (χ0n) is 21.4. The molecule has 2 aromatic carbocycles. The van der Waals surface area contributed by atoms with Gasteiger partial charge in [-0.1, -0.05) is 12.1 Å². The summed E-state index contributed by atoms with van der Waals surface area (Å²) in [6.45, 7) is 1.86. The number of anilines is 1. The number of hydrogen-bond acceptors (Lipinski definition) is 5. The number of hydrogen-bond donors (Lipinski definition) is 2. The summed E-state index contributed by atoms with van der Waals surface area (Å²) < 4.78 is 17.2. The average molecular weight is 521 g/mol. The fourth-order valence-electron chi connectivity index (χ4n) is 4.42. The summed E-state index contributed by atoms with van der Waals surface area (Å²) in [6.07, 6.45) is 5.21. The Morgan fingerprint density at radius 2 is 1.95 bits per heavy atom. The number of carbonyl (C=O) groups excluding carboxylic acids is 1. The molecule has 0 spiro atoms. The van der Waals surface area contributed by atoms with E-state index >= 15 is 0 Å². The Kier molecular flexibility index (Phi) is 7.04. The van der Waals surface area contributed by atoms with Gasteiger partial charge in [0.15, 0.2) is 0 Å². The molecule has 0 aliphatic carbocycles. The SMILES string of the molecule is CNC(C)C(=O)Nc1ccc(-c2cccc(C#N)c2)n(Cc2cncc(-n3ccc4cc(F)ccc43)c2)c1=O. The zero-order valence-corrected chi connectivity index (χ0v) is 21.4. The Morgan fingerprint density at radius 3 is 2.74 bits per heavy atom. The first-order valence-electron chi connectivity index (χ1n) is 12.3. The number of nitriles is 1. The maximum Gasteiger partial charge on any atom is 0.275 e. The molecule has 1 atom stereocenters. The number of fused-ring (bicyclic) bond motifs is 1. The smallest absolute Gasteiger partial charge is 0.275 e. The minimum Gasteiger partial charge on any atom is -0.320 e. The quantitative estimate of drug-likeness (QED) is 0.330. The second-order valence-corrected chi connectivity index (χ2v) is 9.16. The van der Waals surface area contributed by atoms with Gasteiger partial charge in [0.05, 0.1) is 47.3 Å². The molecule has 0 saturated carbocycles. The number of pyridine rings is 2. The van der Waals surface area contributed by atoms with E-state index in [0.717, 1.165) is 22.2 Å². The molecule has 3 heterocycles. The van der Waals surface area contributed by atoms with Crippen LogP contribution in [0.3, 0.4) is 0 Å². The maximum atomic E-state index is 13.7. The molecule has 0 radical (unpaired) electrons. The number of aromatic nitrogens is 3. The minimum atomic E-state index is -0.490. The van der Waals surface area contributed by atoms with Gasteiger partial charge in [0.1, 0.15) is 11.5 Å². The summed E-state index contributed by atoms with van der Waals surface area (Å²) in [4.78, 5) is 30.6. The van der Waals surface area contributed by atoms with E-state index in [-0.39, 0.29) is 29.5 Å². The van der Waals surface area contributed by atoms with Crippen molar-refractivity contribution in [2.24, 2.45) is 0 Å². The number of carbonyl (C=O) groups is 1. The lowest BCUT2D eigenvalue weighted by Gasteiger charge is -2.17. The predicted octanol–water partition coefficient (Wildman–Crippen LogP) is 4.46. The van der Waals surface area contributed by atoms with Gasteiger partial charge in [-0.15, -0.1) is 0 Å². The zero-order chi connectivity index (χ0) is 27.5. The molecular formula is C30H25FN6O2. The number of amides is 1. The lowest BCUT2D eigenvalue weighted by atomic mass is 10.1. The molecule has 0 fully saturated rings. The van der Waals surface area contributed by atoms with E-state index < -0.39 is 6.04 Å². The van der Waals surface area contributed by atoms with Crippen molar-refractivity contribution in [3.63, 3.8) is 0 Å². The van der Waals surface area contributed by atoms with E-state index in [0.29, 0.717) is 16.8 Å². The predicted molar refractivity (Wildman–Crippen MR) is 148 cm³/mol. The van der Waals surface area contributed by atoms with Crippen LogP contribution < -0.4 is 16.2 Å². The van der Waals surface area contributed by atoms with Gasteiger partial charge < -0.3 is 19.8 Å². The van der Waals surface area contributed by atoms with Gasteiger partial charge >= 0.3 is 0 Å². The van der Waals surface area contributed by atoms with Crippen molar-refractivity contribution in [2.75, 3.05) is 12.4 Å². The number of benzene rings is 2. The van der Waals surface area contributed by atoms with Crippen LogP contribution >= 0.6 is 0 Å². The molecular weight excluding hydrogens is 495 g/mol. The molecule has 3 aromatic heterocycles. The third-order valence-electron chi connectivity index (χ3n) is 6.60. The van der Waals surface area contributed by atoms with Crippen molar-refractivity contribution < 1.29 is 9.18 Å². The largest absolute Gasteiger partial charge is 0.320 e. The monoisotopic (exact) mass is 520 g/mol. The molecule has 0 bridgehead atoms. The van der Waals surface area contributed by atoms with Crippen LogP contribution in [0.5, 0.6) is 0 Å². The van der Waals surface area contributed by atoms with Gasteiger partial charge in [-0.25, -0.2) is 4.39 Å². The normalized spacial score (nSPS) is 11.7. The molecule has 0 saturated heterocycles. The molecule has 8 nitrogen and oxygen atoms in total. The molecule has 39 heavy (non-hydrogen) atoms. The number of halogens is 1. The Bertz CT molecular complexity index is 1800. The second-order valence-electron chi connectivity index (χ2n) is 9.16. The van der Waals surface area contributed by atoms with Gasteiger partial charge in [0.25, 0.3) is 5.56 Å². The standard InChI is InChI=1S/C30H25FN6O2/c1-19(33-2)29(38)35-26-7-9-28(22-5-3-4-20(12-22)15-32)37(30(26)39)18-21-13-25(17-34-16-21)36-11-10-23-14-24(31)6-8-27(23)36/h3-14,16-17,19,33H,18H2,1-2H3,(H,35,38). The number of nitrogens with one attached hydrogen (secondary N) is 2. The Labute approximate surface area is 224 Å².